The third kappa shape index (κ3) is 3.87. The Hall–Kier alpha value is -1.10. The van der Waals surface area contributed by atoms with Gasteiger partial charge in [0.15, 0.2) is 0 Å². The summed E-state index contributed by atoms with van der Waals surface area (Å²) in [7, 11) is 0. The number of amides is 2. The van der Waals surface area contributed by atoms with Crippen molar-refractivity contribution in [1.29, 1.82) is 0 Å². The van der Waals surface area contributed by atoms with E-state index in [0.717, 1.165) is 31.6 Å². The van der Waals surface area contributed by atoms with Crippen LogP contribution in [0.2, 0.25) is 0 Å². The summed E-state index contributed by atoms with van der Waals surface area (Å²) < 4.78 is 0. The van der Waals surface area contributed by atoms with Crippen LogP contribution in [0.3, 0.4) is 0 Å². The predicted octanol–water partition coefficient (Wildman–Crippen LogP) is 0.0613. The number of hydrazine groups is 1. The summed E-state index contributed by atoms with van der Waals surface area (Å²) >= 11 is 0. The van der Waals surface area contributed by atoms with Crippen molar-refractivity contribution in [2.24, 2.45) is 11.8 Å². The van der Waals surface area contributed by atoms with Gasteiger partial charge in [-0.05, 0) is 25.2 Å². The van der Waals surface area contributed by atoms with Crippen LogP contribution in [0, 0.1) is 5.92 Å². The summed E-state index contributed by atoms with van der Waals surface area (Å²) in [6, 6.07) is 0.125. The first-order valence-electron chi connectivity index (χ1n) is 5.45. The van der Waals surface area contributed by atoms with Gasteiger partial charge in [-0.1, -0.05) is 19.8 Å². The van der Waals surface area contributed by atoms with E-state index in [1.54, 1.807) is 0 Å². The number of rotatable bonds is 1. The van der Waals surface area contributed by atoms with Crippen molar-refractivity contribution in [3.63, 3.8) is 0 Å². The first-order chi connectivity index (χ1) is 7.13. The Morgan fingerprint density at radius 3 is 2.53 bits per heavy atom. The van der Waals surface area contributed by atoms with E-state index in [2.05, 4.69) is 12.2 Å². The summed E-state index contributed by atoms with van der Waals surface area (Å²) in [4.78, 5) is 22.1. The highest BCUT2D eigenvalue weighted by Crippen LogP contribution is 2.22. The van der Waals surface area contributed by atoms with E-state index in [4.69, 9.17) is 5.84 Å². The quantitative estimate of drug-likeness (QED) is 0.189. The third-order valence-corrected chi connectivity index (χ3v) is 2.93. The van der Waals surface area contributed by atoms with Gasteiger partial charge in [-0.3, -0.25) is 15.0 Å². The van der Waals surface area contributed by atoms with Crippen molar-refractivity contribution < 1.29 is 9.59 Å². The fourth-order valence-electron chi connectivity index (χ4n) is 1.95. The molecule has 0 aromatic carbocycles. The molecule has 1 aliphatic carbocycles. The van der Waals surface area contributed by atoms with Crippen LogP contribution in [0.1, 0.15) is 39.0 Å². The molecule has 5 heteroatoms. The molecule has 0 aromatic rings. The lowest BCUT2D eigenvalue weighted by Gasteiger charge is -2.15. The normalized spacial score (nSPS) is 26.5. The molecule has 2 amide bonds. The molecular formula is C10H19N3O2. The lowest BCUT2D eigenvalue weighted by molar-refractivity contribution is -0.139. The Bertz CT molecular complexity index is 243. The van der Waals surface area contributed by atoms with Gasteiger partial charge in [-0.15, -0.1) is 0 Å². The Balaban J connectivity index is 2.37. The minimum absolute atomic E-state index is 0.125. The van der Waals surface area contributed by atoms with E-state index in [0.29, 0.717) is 0 Å². The third-order valence-electron chi connectivity index (χ3n) is 2.93. The molecule has 0 radical (unpaired) electrons. The Labute approximate surface area is 89.8 Å². The number of nitrogens with one attached hydrogen (secondary N) is 2. The van der Waals surface area contributed by atoms with E-state index < -0.39 is 11.8 Å². The predicted molar refractivity (Wildman–Crippen MR) is 56.5 cm³/mol. The average Bonchev–Trinajstić information content (AvgIpc) is 2.42. The van der Waals surface area contributed by atoms with E-state index in [1.165, 1.54) is 6.42 Å². The largest absolute Gasteiger partial charge is 0.345 e. The van der Waals surface area contributed by atoms with Gasteiger partial charge in [0.05, 0.1) is 0 Å². The van der Waals surface area contributed by atoms with Crippen LogP contribution in [-0.2, 0) is 9.59 Å². The van der Waals surface area contributed by atoms with Crippen LogP contribution in [0.15, 0.2) is 0 Å². The molecule has 2 unspecified atom stereocenters. The van der Waals surface area contributed by atoms with Crippen LogP contribution in [-0.4, -0.2) is 17.9 Å². The molecule has 1 rings (SSSR count). The molecule has 0 aliphatic heterocycles. The first kappa shape index (κ1) is 12.0. The molecule has 0 bridgehead atoms. The second kappa shape index (κ2) is 5.70. The standard InChI is InChI=1S/C10H19N3O2/c1-7-3-2-4-8(6-5-7)12-9(14)10(15)13-11/h7-8H,2-6,11H2,1H3,(H,12,14)(H,13,15). The fraction of sp³-hybridized carbons (Fsp3) is 0.800. The lowest BCUT2D eigenvalue weighted by atomic mass is 10.0. The van der Waals surface area contributed by atoms with Gasteiger partial charge < -0.3 is 5.32 Å². The zero-order valence-electron chi connectivity index (χ0n) is 9.08. The van der Waals surface area contributed by atoms with Crippen molar-refractivity contribution in [3.8, 4) is 0 Å². The van der Waals surface area contributed by atoms with Crippen molar-refractivity contribution in [2.45, 2.75) is 45.1 Å². The second-order valence-electron chi connectivity index (χ2n) is 4.26. The fourth-order valence-corrected chi connectivity index (χ4v) is 1.95. The van der Waals surface area contributed by atoms with Gasteiger partial charge in [0.1, 0.15) is 0 Å². The zero-order valence-corrected chi connectivity index (χ0v) is 9.08. The minimum atomic E-state index is -0.771. The maximum Gasteiger partial charge on any atom is 0.323 e. The van der Waals surface area contributed by atoms with Crippen LogP contribution >= 0.6 is 0 Å². The van der Waals surface area contributed by atoms with E-state index in [1.807, 2.05) is 5.43 Å². The highest BCUT2D eigenvalue weighted by molar-refractivity contribution is 6.34. The van der Waals surface area contributed by atoms with Gasteiger partial charge in [0.2, 0.25) is 0 Å². The molecule has 15 heavy (non-hydrogen) atoms. The summed E-state index contributed by atoms with van der Waals surface area (Å²) in [5, 5.41) is 2.70. The molecule has 86 valence electrons. The van der Waals surface area contributed by atoms with Gasteiger partial charge in [-0.25, -0.2) is 5.84 Å². The topological polar surface area (TPSA) is 84.2 Å². The molecule has 5 nitrogen and oxygen atoms in total. The van der Waals surface area contributed by atoms with Crippen LogP contribution in [0.4, 0.5) is 0 Å². The Kier molecular flexibility index (Phi) is 4.55. The van der Waals surface area contributed by atoms with Gasteiger partial charge >= 0.3 is 11.8 Å². The molecule has 1 saturated carbocycles. The number of hydrogen-bond donors (Lipinski definition) is 3. The molecule has 2 atom stereocenters. The van der Waals surface area contributed by atoms with Crippen molar-refractivity contribution in [1.82, 2.24) is 10.7 Å². The molecular weight excluding hydrogens is 194 g/mol. The van der Waals surface area contributed by atoms with E-state index >= 15 is 0 Å². The SMILES string of the molecule is CC1CCCC(NC(=O)C(=O)NN)CC1. The van der Waals surface area contributed by atoms with Gasteiger partial charge in [-0.2, -0.15) is 0 Å². The number of nitrogens with two attached hydrogens (primary N) is 1. The zero-order chi connectivity index (χ0) is 11.3. The molecule has 4 N–H and O–H groups in total. The minimum Gasteiger partial charge on any atom is -0.345 e. The molecule has 0 heterocycles. The van der Waals surface area contributed by atoms with Crippen molar-refractivity contribution in [3.05, 3.63) is 0 Å². The van der Waals surface area contributed by atoms with Crippen LogP contribution < -0.4 is 16.6 Å². The van der Waals surface area contributed by atoms with Crippen LogP contribution in [0.25, 0.3) is 0 Å². The van der Waals surface area contributed by atoms with E-state index in [-0.39, 0.29) is 6.04 Å². The monoisotopic (exact) mass is 213 g/mol. The summed E-state index contributed by atoms with van der Waals surface area (Å²) in [6.07, 6.45) is 5.32. The van der Waals surface area contributed by atoms with E-state index in [9.17, 15) is 9.59 Å². The number of hydrogen-bond acceptors (Lipinski definition) is 3. The second-order valence-corrected chi connectivity index (χ2v) is 4.26. The molecule has 0 aromatic heterocycles. The smallest absolute Gasteiger partial charge is 0.323 e. The Morgan fingerprint density at radius 2 is 1.87 bits per heavy atom. The average molecular weight is 213 g/mol. The Morgan fingerprint density at radius 1 is 1.13 bits per heavy atom. The first-order valence-corrected chi connectivity index (χ1v) is 5.45. The maximum atomic E-state index is 11.2. The highest BCUT2D eigenvalue weighted by atomic mass is 16.2. The molecule has 1 aliphatic rings. The highest BCUT2D eigenvalue weighted by Gasteiger charge is 2.20. The van der Waals surface area contributed by atoms with Crippen LogP contribution in [0.5, 0.6) is 0 Å². The molecule has 0 saturated heterocycles. The van der Waals surface area contributed by atoms with Gasteiger partial charge in [0.25, 0.3) is 0 Å². The summed E-state index contributed by atoms with van der Waals surface area (Å²) in [5.41, 5.74) is 1.83. The van der Waals surface area contributed by atoms with Crippen molar-refractivity contribution in [2.75, 3.05) is 0 Å². The summed E-state index contributed by atoms with van der Waals surface area (Å²) in [6.45, 7) is 2.22. The lowest BCUT2D eigenvalue weighted by Crippen LogP contribution is -2.46. The summed E-state index contributed by atoms with van der Waals surface area (Å²) in [5.74, 6) is 4.19. The number of carbonyl (C=O) groups is 2. The molecule has 1 fully saturated rings. The molecule has 0 spiro atoms. The van der Waals surface area contributed by atoms with Gasteiger partial charge in [0, 0.05) is 6.04 Å². The van der Waals surface area contributed by atoms with Crippen molar-refractivity contribution >= 4 is 11.8 Å². The maximum absolute atomic E-state index is 11.2. The number of carbonyl (C=O) groups excluding carboxylic acids is 2.